The Morgan fingerprint density at radius 2 is 1.90 bits per heavy atom. The van der Waals surface area contributed by atoms with Gasteiger partial charge in [0.1, 0.15) is 17.2 Å². The summed E-state index contributed by atoms with van der Waals surface area (Å²) < 4.78 is 36.2. The smallest absolute Gasteiger partial charge is 0.408 e. The lowest BCUT2D eigenvalue weighted by Gasteiger charge is -2.33. The van der Waals surface area contributed by atoms with Crippen LogP contribution >= 0.6 is 0 Å². The van der Waals surface area contributed by atoms with Crippen LogP contribution in [-0.4, -0.2) is 54.6 Å². The van der Waals surface area contributed by atoms with Crippen LogP contribution in [0.25, 0.3) is 0 Å². The molecule has 11 heteroatoms. The van der Waals surface area contributed by atoms with E-state index in [0.717, 1.165) is 38.2 Å². The van der Waals surface area contributed by atoms with Gasteiger partial charge in [0.05, 0.1) is 13.7 Å². The van der Waals surface area contributed by atoms with Gasteiger partial charge in [0.15, 0.2) is 11.9 Å². The summed E-state index contributed by atoms with van der Waals surface area (Å²) >= 11 is 0. The summed E-state index contributed by atoms with van der Waals surface area (Å²) in [6.45, 7) is 13.5. The summed E-state index contributed by atoms with van der Waals surface area (Å²) in [7, 11) is 1.17. The molecule has 2 atom stereocenters. The number of carbonyl (C=O) groups excluding carboxylic acids is 2. The van der Waals surface area contributed by atoms with Crippen LogP contribution in [0, 0.1) is 17.7 Å². The molecule has 1 N–H and O–H groups in total. The van der Waals surface area contributed by atoms with Gasteiger partial charge in [-0.1, -0.05) is 25.9 Å². The summed E-state index contributed by atoms with van der Waals surface area (Å²) in [4.78, 5) is 31.1. The maximum absolute atomic E-state index is 15.0. The zero-order chi connectivity index (χ0) is 28.7. The van der Waals surface area contributed by atoms with Gasteiger partial charge in [-0.15, -0.1) is 0 Å². The zero-order valence-corrected chi connectivity index (χ0v) is 24.0. The number of carbonyl (C=O) groups is 2. The Morgan fingerprint density at radius 1 is 1.21 bits per heavy atom. The fourth-order valence-electron chi connectivity index (χ4n) is 4.49. The van der Waals surface area contributed by atoms with Crippen molar-refractivity contribution in [3.63, 3.8) is 0 Å². The number of ether oxygens (including phenoxy) is 3. The van der Waals surface area contributed by atoms with Crippen molar-refractivity contribution in [2.24, 2.45) is 11.8 Å². The van der Waals surface area contributed by atoms with E-state index in [2.05, 4.69) is 27.3 Å². The Morgan fingerprint density at radius 3 is 2.46 bits per heavy atom. The first kappa shape index (κ1) is 30.2. The van der Waals surface area contributed by atoms with Crippen molar-refractivity contribution in [2.45, 2.75) is 78.4 Å². The number of methoxy groups -OCH3 is 1. The third-order valence-electron chi connectivity index (χ3n) is 6.79. The average Bonchev–Trinajstić information content (AvgIpc) is 3.37. The molecule has 1 saturated heterocycles. The number of hydrogen-bond donors (Lipinski definition) is 1. The van der Waals surface area contributed by atoms with Gasteiger partial charge < -0.3 is 29.0 Å². The molecule has 1 aromatic carbocycles. The van der Waals surface area contributed by atoms with E-state index >= 15 is 0 Å². The predicted molar refractivity (Wildman–Crippen MR) is 143 cm³/mol. The molecular formula is C28H41FN4O6. The van der Waals surface area contributed by atoms with Gasteiger partial charge in [-0.05, 0) is 64.0 Å². The van der Waals surface area contributed by atoms with E-state index < -0.39 is 29.5 Å². The van der Waals surface area contributed by atoms with E-state index in [1.54, 1.807) is 26.8 Å². The molecule has 216 valence electrons. The molecule has 1 aromatic heterocycles. The molecule has 2 aromatic rings. The lowest BCUT2D eigenvalue weighted by atomic mass is 9.84. The molecule has 0 spiro atoms. The molecule has 1 aliphatic heterocycles. The second-order valence-electron chi connectivity index (χ2n) is 11.3. The van der Waals surface area contributed by atoms with E-state index in [-0.39, 0.29) is 11.5 Å². The number of rotatable bonds is 10. The van der Waals surface area contributed by atoms with E-state index in [0.29, 0.717) is 30.2 Å². The molecule has 2 heterocycles. The Bertz CT molecular complexity index is 1110. The molecular weight excluding hydrogens is 507 g/mol. The summed E-state index contributed by atoms with van der Waals surface area (Å²) in [5.74, 6) is 0.753. The first-order valence-corrected chi connectivity index (χ1v) is 13.5. The highest BCUT2D eigenvalue weighted by Gasteiger charge is 2.30. The molecule has 3 rings (SSSR count). The Balaban J connectivity index is 1.50. The third kappa shape index (κ3) is 8.56. The Labute approximate surface area is 229 Å². The van der Waals surface area contributed by atoms with E-state index in [4.69, 9.17) is 18.7 Å². The van der Waals surface area contributed by atoms with Crippen LogP contribution in [-0.2, 0) is 14.3 Å². The molecule has 10 nitrogen and oxygen atoms in total. The fraction of sp³-hybridized carbons (Fsp3) is 0.643. The second-order valence-corrected chi connectivity index (χ2v) is 11.3. The number of nitrogens with zero attached hydrogens (tertiary/aromatic N) is 3. The Hall–Kier alpha value is -3.37. The lowest BCUT2D eigenvalue weighted by molar-refractivity contribution is -0.143. The number of aromatic nitrogens is 2. The highest BCUT2D eigenvalue weighted by atomic mass is 19.1. The second kappa shape index (κ2) is 13.1. The van der Waals surface area contributed by atoms with Crippen LogP contribution in [0.1, 0.15) is 84.2 Å². The number of anilines is 1. The van der Waals surface area contributed by atoms with E-state index in [1.165, 1.54) is 19.2 Å². The maximum Gasteiger partial charge on any atom is 0.408 e. The van der Waals surface area contributed by atoms with Crippen molar-refractivity contribution < 1.29 is 32.7 Å². The highest BCUT2D eigenvalue weighted by Crippen LogP contribution is 2.30. The van der Waals surface area contributed by atoms with Gasteiger partial charge in [0.25, 0.3) is 0 Å². The minimum Gasteiger partial charge on any atom is -0.493 e. The van der Waals surface area contributed by atoms with Crippen molar-refractivity contribution >= 4 is 18.1 Å². The number of halogens is 1. The van der Waals surface area contributed by atoms with Crippen LogP contribution < -0.4 is 15.0 Å². The standard InChI is InChI=1S/C28H41FN4O6/c1-17(2)24-31-26(39-32-24)33-13-10-19(11-14-33)18(3)12-15-37-20-8-9-21(22(29)16-20)23(25(34)36-7)30-27(35)38-28(4,5)6/h8-9,16-19,23H,10-15H2,1-7H3,(H,30,35)/t18?,23-/m0/s1. The zero-order valence-electron chi connectivity index (χ0n) is 24.0. The molecule has 1 fully saturated rings. The summed E-state index contributed by atoms with van der Waals surface area (Å²) in [5, 5.41) is 6.44. The quantitative estimate of drug-likeness (QED) is 0.390. The number of piperidine rings is 1. The highest BCUT2D eigenvalue weighted by molar-refractivity contribution is 5.82. The van der Waals surface area contributed by atoms with Crippen LogP contribution in [0.3, 0.4) is 0 Å². The topological polar surface area (TPSA) is 116 Å². The maximum atomic E-state index is 15.0. The number of benzene rings is 1. The molecule has 0 saturated carbocycles. The van der Waals surface area contributed by atoms with Gasteiger partial charge in [0, 0.05) is 30.6 Å². The summed E-state index contributed by atoms with van der Waals surface area (Å²) in [6.07, 6.45) is 2.00. The molecule has 1 amide bonds. The van der Waals surface area contributed by atoms with Gasteiger partial charge >= 0.3 is 18.1 Å². The monoisotopic (exact) mass is 548 g/mol. The van der Waals surface area contributed by atoms with Gasteiger partial charge in [0.2, 0.25) is 0 Å². The van der Waals surface area contributed by atoms with Crippen molar-refractivity contribution in [3.8, 4) is 5.75 Å². The number of esters is 1. The van der Waals surface area contributed by atoms with Crippen LogP contribution in [0.2, 0.25) is 0 Å². The number of amides is 1. The molecule has 1 unspecified atom stereocenters. The van der Waals surface area contributed by atoms with Crippen molar-refractivity contribution in [3.05, 3.63) is 35.4 Å². The summed E-state index contributed by atoms with van der Waals surface area (Å²) in [6, 6.07) is 3.43. The third-order valence-corrected chi connectivity index (χ3v) is 6.79. The predicted octanol–water partition coefficient (Wildman–Crippen LogP) is 5.39. The SMILES string of the molecule is COC(=O)[C@@H](NC(=O)OC(C)(C)C)c1ccc(OCCC(C)C2CCN(c3nc(C(C)C)no3)CC2)cc1F. The number of alkyl carbamates (subject to hydrolysis) is 1. The van der Waals surface area contributed by atoms with Crippen LogP contribution in [0.4, 0.5) is 15.2 Å². The van der Waals surface area contributed by atoms with Gasteiger partial charge in [-0.2, -0.15) is 4.98 Å². The van der Waals surface area contributed by atoms with Crippen LogP contribution in [0.15, 0.2) is 22.7 Å². The Kier molecular flexibility index (Phi) is 10.2. The number of hydrogen-bond acceptors (Lipinski definition) is 9. The van der Waals surface area contributed by atoms with E-state index in [1.807, 2.05) is 13.8 Å². The van der Waals surface area contributed by atoms with Crippen molar-refractivity contribution in [1.29, 1.82) is 0 Å². The van der Waals surface area contributed by atoms with Gasteiger partial charge in [-0.3, -0.25) is 0 Å². The number of nitrogens with one attached hydrogen (secondary N) is 1. The lowest BCUT2D eigenvalue weighted by Crippen LogP contribution is -2.38. The molecule has 1 aliphatic rings. The normalized spacial score (nSPS) is 16.1. The molecule has 0 aliphatic carbocycles. The van der Waals surface area contributed by atoms with Crippen molar-refractivity contribution in [1.82, 2.24) is 15.5 Å². The average molecular weight is 549 g/mol. The van der Waals surface area contributed by atoms with Crippen LogP contribution in [0.5, 0.6) is 5.75 Å². The largest absolute Gasteiger partial charge is 0.493 e. The minimum atomic E-state index is -1.35. The minimum absolute atomic E-state index is 0.0399. The summed E-state index contributed by atoms with van der Waals surface area (Å²) in [5.41, 5.74) is -0.817. The van der Waals surface area contributed by atoms with Gasteiger partial charge in [-0.25, -0.2) is 14.0 Å². The first-order chi connectivity index (χ1) is 18.4. The fourth-order valence-corrected chi connectivity index (χ4v) is 4.49. The first-order valence-electron chi connectivity index (χ1n) is 13.5. The van der Waals surface area contributed by atoms with E-state index in [9.17, 15) is 14.0 Å². The molecule has 39 heavy (non-hydrogen) atoms. The molecule has 0 radical (unpaired) electrons. The molecule has 0 bridgehead atoms. The van der Waals surface area contributed by atoms with Crippen molar-refractivity contribution in [2.75, 3.05) is 31.7 Å².